The van der Waals surface area contributed by atoms with Gasteiger partial charge in [-0.05, 0) is 36.4 Å². The zero-order valence-corrected chi connectivity index (χ0v) is 17.5. The van der Waals surface area contributed by atoms with Gasteiger partial charge in [0.25, 0.3) is 0 Å². The molecule has 0 saturated carbocycles. The molecular weight excluding hydrogens is 422 g/mol. The van der Waals surface area contributed by atoms with Crippen molar-refractivity contribution in [3.63, 3.8) is 0 Å². The summed E-state index contributed by atoms with van der Waals surface area (Å²) in [5, 5.41) is 2.55. The molecule has 0 aliphatic carbocycles. The molecule has 10 heteroatoms. The number of benzene rings is 2. The Kier molecular flexibility index (Phi) is 7.16. The number of rotatable bonds is 9. The van der Waals surface area contributed by atoms with Gasteiger partial charge in [-0.25, -0.2) is 18.1 Å². The second kappa shape index (κ2) is 10.0. The van der Waals surface area contributed by atoms with Gasteiger partial charge in [-0.3, -0.25) is 9.59 Å². The summed E-state index contributed by atoms with van der Waals surface area (Å²) >= 11 is 0. The van der Waals surface area contributed by atoms with Crippen molar-refractivity contribution in [3.8, 4) is 11.5 Å². The average Bonchev–Trinajstić information content (AvgIpc) is 3.22. The van der Waals surface area contributed by atoms with E-state index in [0.29, 0.717) is 17.3 Å². The smallest absolute Gasteiger partial charge is 0.307 e. The van der Waals surface area contributed by atoms with Crippen molar-refractivity contribution in [2.75, 3.05) is 11.9 Å². The van der Waals surface area contributed by atoms with E-state index in [1.54, 1.807) is 0 Å². The third-order valence-electron chi connectivity index (χ3n) is 4.06. The Balaban J connectivity index is 1.44. The molecule has 0 radical (unpaired) electrons. The van der Waals surface area contributed by atoms with Gasteiger partial charge in [0.2, 0.25) is 21.8 Å². The van der Waals surface area contributed by atoms with Crippen LogP contribution in [-0.4, -0.2) is 31.8 Å². The van der Waals surface area contributed by atoms with Crippen molar-refractivity contribution in [2.24, 2.45) is 0 Å². The molecule has 31 heavy (non-hydrogen) atoms. The van der Waals surface area contributed by atoms with Crippen molar-refractivity contribution in [2.45, 2.75) is 24.8 Å². The quantitative estimate of drug-likeness (QED) is 0.487. The highest BCUT2D eigenvalue weighted by Gasteiger charge is 2.15. The molecule has 3 rings (SSSR count). The van der Waals surface area contributed by atoms with E-state index >= 15 is 0 Å². The van der Waals surface area contributed by atoms with Gasteiger partial charge in [0.05, 0.1) is 11.3 Å². The summed E-state index contributed by atoms with van der Waals surface area (Å²) in [7, 11) is -3.79. The number of hydrogen-bond donors (Lipinski definition) is 2. The maximum absolute atomic E-state index is 12.3. The van der Waals surface area contributed by atoms with Crippen LogP contribution >= 0.6 is 0 Å². The summed E-state index contributed by atoms with van der Waals surface area (Å²) in [6, 6.07) is 15.0. The number of carbonyl (C=O) groups is 2. The van der Waals surface area contributed by atoms with Crippen molar-refractivity contribution in [1.29, 1.82) is 0 Å². The lowest BCUT2D eigenvalue weighted by Gasteiger charge is -2.08. The number of anilines is 1. The van der Waals surface area contributed by atoms with Crippen LogP contribution in [0.5, 0.6) is 0 Å². The Bertz CT molecular complexity index is 1140. The predicted octanol–water partition coefficient (Wildman–Crippen LogP) is 2.71. The van der Waals surface area contributed by atoms with Crippen LogP contribution in [0.1, 0.15) is 19.0 Å². The summed E-state index contributed by atoms with van der Waals surface area (Å²) in [5.41, 5.74) is 1.74. The molecule has 0 saturated heterocycles. The van der Waals surface area contributed by atoms with Crippen LogP contribution in [0.2, 0.25) is 0 Å². The van der Waals surface area contributed by atoms with Gasteiger partial charge >= 0.3 is 5.97 Å². The molecule has 9 nitrogen and oxygen atoms in total. The molecule has 1 amide bonds. The van der Waals surface area contributed by atoms with Gasteiger partial charge in [-0.2, -0.15) is 0 Å². The number of hydrogen-bond acceptors (Lipinski definition) is 7. The Morgan fingerprint density at radius 3 is 2.45 bits per heavy atom. The topological polar surface area (TPSA) is 128 Å². The number of amides is 1. The molecule has 2 N–H and O–H groups in total. The summed E-state index contributed by atoms with van der Waals surface area (Å²) in [5.74, 6) is -0.411. The maximum atomic E-state index is 12.3. The molecular formula is C21H21N3O6S. The largest absolute Gasteiger partial charge is 0.459 e. The number of carbonyl (C=O) groups excluding carboxylic acids is 2. The van der Waals surface area contributed by atoms with E-state index in [4.69, 9.17) is 9.15 Å². The molecule has 0 aliphatic heterocycles. The molecule has 3 aromatic rings. The van der Waals surface area contributed by atoms with Crippen molar-refractivity contribution < 1.29 is 27.2 Å². The summed E-state index contributed by atoms with van der Waals surface area (Å²) in [6.45, 7) is 1.16. The van der Waals surface area contributed by atoms with Gasteiger partial charge in [0.1, 0.15) is 18.6 Å². The van der Waals surface area contributed by atoms with E-state index in [1.165, 1.54) is 37.5 Å². The summed E-state index contributed by atoms with van der Waals surface area (Å²) < 4.78 is 37.4. The van der Waals surface area contributed by atoms with Crippen molar-refractivity contribution >= 4 is 27.6 Å². The highest BCUT2D eigenvalue weighted by atomic mass is 32.2. The van der Waals surface area contributed by atoms with Crippen molar-refractivity contribution in [3.05, 3.63) is 66.6 Å². The molecule has 1 heterocycles. The zero-order valence-electron chi connectivity index (χ0n) is 16.7. The average molecular weight is 443 g/mol. The molecule has 0 bridgehead atoms. The van der Waals surface area contributed by atoms with Gasteiger partial charge in [0, 0.05) is 24.7 Å². The molecule has 0 aliphatic rings. The van der Waals surface area contributed by atoms with Crippen LogP contribution < -0.4 is 10.0 Å². The van der Waals surface area contributed by atoms with E-state index in [9.17, 15) is 18.0 Å². The van der Waals surface area contributed by atoms with E-state index in [-0.39, 0.29) is 30.4 Å². The fraction of sp³-hybridized carbons (Fsp3) is 0.190. The molecule has 0 fully saturated rings. The van der Waals surface area contributed by atoms with E-state index in [1.807, 2.05) is 30.3 Å². The highest BCUT2D eigenvalue weighted by molar-refractivity contribution is 7.89. The first kappa shape index (κ1) is 22.2. The van der Waals surface area contributed by atoms with E-state index < -0.39 is 16.0 Å². The Morgan fingerprint density at radius 1 is 1.06 bits per heavy atom. The first-order valence-corrected chi connectivity index (χ1v) is 10.8. The third kappa shape index (κ3) is 6.49. The monoisotopic (exact) mass is 443 g/mol. The van der Waals surface area contributed by atoms with Gasteiger partial charge in [-0.15, -0.1) is 0 Å². The van der Waals surface area contributed by atoms with Crippen LogP contribution in [0, 0.1) is 0 Å². The standard InChI is InChI=1S/C21H21N3O6S/c1-15(25)23-17-7-9-19(10-8-17)31(27,28)22-12-11-20(26)29-13-18-14-30-21(24-18)16-5-3-2-4-6-16/h2-10,14,22H,11-13H2,1H3,(H,23,25). The van der Waals surface area contributed by atoms with Gasteiger partial charge < -0.3 is 14.5 Å². The number of nitrogens with zero attached hydrogens (tertiary/aromatic N) is 1. The Labute approximate surface area is 179 Å². The number of nitrogens with one attached hydrogen (secondary N) is 2. The number of esters is 1. The molecule has 0 atom stereocenters. The van der Waals surface area contributed by atoms with Crippen LogP contribution in [0.3, 0.4) is 0 Å². The maximum Gasteiger partial charge on any atom is 0.307 e. The first-order valence-electron chi connectivity index (χ1n) is 9.36. The highest BCUT2D eigenvalue weighted by Crippen LogP contribution is 2.18. The second-order valence-electron chi connectivity index (χ2n) is 6.52. The first-order chi connectivity index (χ1) is 14.8. The molecule has 162 valence electrons. The normalized spacial score (nSPS) is 11.1. The van der Waals surface area contributed by atoms with E-state index in [2.05, 4.69) is 15.0 Å². The number of oxazole rings is 1. The fourth-order valence-electron chi connectivity index (χ4n) is 2.60. The van der Waals surface area contributed by atoms with Crippen LogP contribution in [-0.2, 0) is 31.0 Å². The minimum atomic E-state index is -3.79. The second-order valence-corrected chi connectivity index (χ2v) is 8.29. The Morgan fingerprint density at radius 2 is 1.77 bits per heavy atom. The minimum absolute atomic E-state index is 0.0195. The molecule has 2 aromatic carbocycles. The van der Waals surface area contributed by atoms with Crippen molar-refractivity contribution in [1.82, 2.24) is 9.71 Å². The number of aromatic nitrogens is 1. The lowest BCUT2D eigenvalue weighted by Crippen LogP contribution is -2.26. The van der Waals surface area contributed by atoms with Gasteiger partial charge in [0.15, 0.2) is 0 Å². The van der Waals surface area contributed by atoms with Crippen LogP contribution in [0.4, 0.5) is 5.69 Å². The molecule has 0 unspecified atom stereocenters. The summed E-state index contributed by atoms with van der Waals surface area (Å²) in [6.07, 6.45) is 1.26. The van der Waals surface area contributed by atoms with E-state index in [0.717, 1.165) is 5.56 Å². The SMILES string of the molecule is CC(=O)Nc1ccc(S(=O)(=O)NCCC(=O)OCc2coc(-c3ccccc3)n2)cc1. The minimum Gasteiger partial charge on any atom is -0.459 e. The molecule has 1 aromatic heterocycles. The fourth-order valence-corrected chi connectivity index (χ4v) is 3.64. The lowest BCUT2D eigenvalue weighted by atomic mass is 10.2. The zero-order chi connectivity index (χ0) is 22.3. The number of ether oxygens (including phenoxy) is 1. The predicted molar refractivity (Wildman–Crippen MR) is 112 cm³/mol. The van der Waals surface area contributed by atoms with Crippen LogP contribution in [0.25, 0.3) is 11.5 Å². The number of sulfonamides is 1. The van der Waals surface area contributed by atoms with Crippen LogP contribution in [0.15, 0.2) is 70.2 Å². The summed E-state index contributed by atoms with van der Waals surface area (Å²) in [4.78, 5) is 27.2. The lowest BCUT2D eigenvalue weighted by molar-refractivity contribution is -0.144. The van der Waals surface area contributed by atoms with Gasteiger partial charge in [-0.1, -0.05) is 18.2 Å². The Hall–Kier alpha value is -3.50. The molecule has 0 spiro atoms. The third-order valence-corrected chi connectivity index (χ3v) is 5.54.